The lowest BCUT2D eigenvalue weighted by Gasteiger charge is -2.11. The molecule has 0 N–H and O–H groups in total. The van der Waals surface area contributed by atoms with E-state index in [9.17, 15) is 9.59 Å². The number of carbonyl (C=O) groups excluding carboxylic acids is 2. The Morgan fingerprint density at radius 3 is 2.30 bits per heavy atom. The molecule has 0 bridgehead atoms. The second-order valence-electron chi connectivity index (χ2n) is 4.37. The molecule has 0 aliphatic carbocycles. The predicted octanol–water partition coefficient (Wildman–Crippen LogP) is 3.65. The average molecular weight is 266 g/mol. The lowest BCUT2D eigenvalue weighted by atomic mass is 9.99. The van der Waals surface area contributed by atoms with Gasteiger partial charge in [0.05, 0.1) is 0 Å². The average Bonchev–Trinajstić information content (AvgIpc) is 2.47. The molecular formula is C17H14O3. The van der Waals surface area contributed by atoms with Crippen molar-refractivity contribution in [2.75, 3.05) is 0 Å². The second-order valence-corrected chi connectivity index (χ2v) is 4.37. The Balaban J connectivity index is 2.49. The van der Waals surface area contributed by atoms with Gasteiger partial charge in [-0.05, 0) is 18.6 Å². The maximum atomic E-state index is 11.7. The molecule has 3 nitrogen and oxygen atoms in total. The van der Waals surface area contributed by atoms with E-state index in [1.807, 2.05) is 24.3 Å². The van der Waals surface area contributed by atoms with E-state index in [2.05, 4.69) is 6.58 Å². The van der Waals surface area contributed by atoms with Gasteiger partial charge in [-0.15, -0.1) is 0 Å². The van der Waals surface area contributed by atoms with Crippen LogP contribution in [0.15, 0.2) is 60.7 Å². The van der Waals surface area contributed by atoms with E-state index >= 15 is 0 Å². The van der Waals surface area contributed by atoms with Crippen molar-refractivity contribution >= 4 is 12.3 Å². The third-order valence-corrected chi connectivity index (χ3v) is 2.82. The van der Waals surface area contributed by atoms with E-state index in [-0.39, 0.29) is 0 Å². The summed E-state index contributed by atoms with van der Waals surface area (Å²) in [4.78, 5) is 22.8. The van der Waals surface area contributed by atoms with Gasteiger partial charge >= 0.3 is 5.97 Å². The number of aldehydes is 1. The molecule has 2 rings (SSSR count). The van der Waals surface area contributed by atoms with Crippen molar-refractivity contribution in [3.8, 4) is 16.9 Å². The number of hydrogen-bond acceptors (Lipinski definition) is 3. The van der Waals surface area contributed by atoms with Gasteiger partial charge in [-0.2, -0.15) is 0 Å². The normalized spacial score (nSPS) is 9.85. The summed E-state index contributed by atoms with van der Waals surface area (Å²) < 4.78 is 5.31. The Morgan fingerprint density at radius 2 is 1.65 bits per heavy atom. The quantitative estimate of drug-likeness (QED) is 0.367. The van der Waals surface area contributed by atoms with Gasteiger partial charge in [0.1, 0.15) is 5.75 Å². The molecule has 20 heavy (non-hydrogen) atoms. The minimum atomic E-state index is -0.485. The van der Waals surface area contributed by atoms with Crippen LogP contribution < -0.4 is 4.74 Å². The van der Waals surface area contributed by atoms with Crippen LogP contribution in [0.1, 0.15) is 17.3 Å². The molecule has 0 aliphatic heterocycles. The van der Waals surface area contributed by atoms with Gasteiger partial charge in [0, 0.05) is 16.7 Å². The Hall–Kier alpha value is -2.68. The molecule has 0 saturated carbocycles. The number of para-hydroxylation sites is 1. The summed E-state index contributed by atoms with van der Waals surface area (Å²) in [5.74, 6) is -0.0733. The van der Waals surface area contributed by atoms with Gasteiger partial charge in [0.25, 0.3) is 0 Å². The summed E-state index contributed by atoms with van der Waals surface area (Å²) in [6.45, 7) is 5.14. The van der Waals surface area contributed by atoms with E-state index in [1.54, 1.807) is 31.2 Å². The highest BCUT2D eigenvalue weighted by Crippen LogP contribution is 2.32. The van der Waals surface area contributed by atoms with E-state index in [0.717, 1.165) is 11.8 Å². The van der Waals surface area contributed by atoms with Gasteiger partial charge in [-0.1, -0.05) is 49.0 Å². The van der Waals surface area contributed by atoms with Crippen molar-refractivity contribution in [3.63, 3.8) is 0 Å². The number of ether oxygens (including phenoxy) is 1. The van der Waals surface area contributed by atoms with Crippen molar-refractivity contribution in [1.82, 2.24) is 0 Å². The molecule has 0 amide bonds. The van der Waals surface area contributed by atoms with Crippen molar-refractivity contribution < 1.29 is 14.3 Å². The Kier molecular flexibility index (Phi) is 4.11. The molecule has 0 radical (unpaired) electrons. The minimum absolute atomic E-state index is 0.323. The van der Waals surface area contributed by atoms with E-state index in [0.29, 0.717) is 22.4 Å². The van der Waals surface area contributed by atoms with Gasteiger partial charge in [0.2, 0.25) is 0 Å². The summed E-state index contributed by atoms with van der Waals surface area (Å²) in [5.41, 5.74) is 2.30. The third-order valence-electron chi connectivity index (χ3n) is 2.82. The zero-order chi connectivity index (χ0) is 14.5. The Labute approximate surface area is 117 Å². The largest absolute Gasteiger partial charge is 0.423 e. The van der Waals surface area contributed by atoms with Gasteiger partial charge < -0.3 is 4.74 Å². The molecule has 3 heteroatoms. The van der Waals surface area contributed by atoms with Crippen molar-refractivity contribution in [3.05, 3.63) is 66.2 Å². The standard InChI is InChI=1S/C17H14O3/c1-12(2)17(19)20-16-10-6-5-9-15(16)14-8-4-3-7-13(14)11-18/h3-11H,1H2,2H3. The fourth-order valence-electron chi connectivity index (χ4n) is 1.81. The number of rotatable bonds is 4. The van der Waals surface area contributed by atoms with Crippen molar-refractivity contribution in [2.24, 2.45) is 0 Å². The Morgan fingerprint density at radius 1 is 1.05 bits per heavy atom. The van der Waals surface area contributed by atoms with Crippen LogP contribution in [0.5, 0.6) is 5.75 Å². The monoisotopic (exact) mass is 266 g/mol. The van der Waals surface area contributed by atoms with Crippen LogP contribution in [0.4, 0.5) is 0 Å². The molecule has 2 aromatic carbocycles. The molecule has 0 aliphatic rings. The first-order valence-corrected chi connectivity index (χ1v) is 6.15. The van der Waals surface area contributed by atoms with Gasteiger partial charge in [-0.25, -0.2) is 4.79 Å². The predicted molar refractivity (Wildman–Crippen MR) is 77.7 cm³/mol. The molecule has 0 aromatic heterocycles. The molecule has 0 saturated heterocycles. The van der Waals surface area contributed by atoms with Gasteiger partial charge in [0.15, 0.2) is 6.29 Å². The zero-order valence-electron chi connectivity index (χ0n) is 11.1. The number of esters is 1. The third kappa shape index (κ3) is 2.83. The molecule has 0 spiro atoms. The first kappa shape index (κ1) is 13.7. The Bertz CT molecular complexity index is 671. The van der Waals surface area contributed by atoms with E-state index < -0.39 is 5.97 Å². The maximum absolute atomic E-state index is 11.7. The highest BCUT2D eigenvalue weighted by Gasteiger charge is 2.13. The van der Waals surface area contributed by atoms with Crippen LogP contribution in [0.2, 0.25) is 0 Å². The summed E-state index contributed by atoms with van der Waals surface area (Å²) in [6.07, 6.45) is 0.784. The van der Waals surface area contributed by atoms with Crippen molar-refractivity contribution in [2.45, 2.75) is 6.92 Å². The number of carbonyl (C=O) groups is 2. The molecule has 0 fully saturated rings. The van der Waals surface area contributed by atoms with Crippen molar-refractivity contribution in [1.29, 1.82) is 0 Å². The molecule has 0 unspecified atom stereocenters. The van der Waals surface area contributed by atoms with Crippen LogP contribution in [0, 0.1) is 0 Å². The van der Waals surface area contributed by atoms with E-state index in [4.69, 9.17) is 4.74 Å². The van der Waals surface area contributed by atoms with Crippen LogP contribution in [0.3, 0.4) is 0 Å². The van der Waals surface area contributed by atoms with Crippen LogP contribution in [-0.2, 0) is 4.79 Å². The van der Waals surface area contributed by atoms with Crippen LogP contribution in [0.25, 0.3) is 11.1 Å². The zero-order valence-corrected chi connectivity index (χ0v) is 11.1. The molecule has 2 aromatic rings. The maximum Gasteiger partial charge on any atom is 0.338 e. The summed E-state index contributed by atoms with van der Waals surface area (Å²) >= 11 is 0. The van der Waals surface area contributed by atoms with Crippen LogP contribution >= 0.6 is 0 Å². The first-order valence-electron chi connectivity index (χ1n) is 6.15. The second kappa shape index (κ2) is 5.97. The van der Waals surface area contributed by atoms with Crippen LogP contribution in [-0.4, -0.2) is 12.3 Å². The molecular weight excluding hydrogens is 252 g/mol. The number of benzene rings is 2. The summed E-state index contributed by atoms with van der Waals surface area (Å²) in [6, 6.07) is 14.3. The lowest BCUT2D eigenvalue weighted by molar-refractivity contribution is -0.130. The highest BCUT2D eigenvalue weighted by molar-refractivity contribution is 5.92. The SMILES string of the molecule is C=C(C)C(=O)Oc1ccccc1-c1ccccc1C=O. The summed E-state index contributed by atoms with van der Waals surface area (Å²) in [5, 5.41) is 0. The van der Waals surface area contributed by atoms with Gasteiger partial charge in [-0.3, -0.25) is 4.79 Å². The molecule has 0 heterocycles. The fourth-order valence-corrected chi connectivity index (χ4v) is 1.81. The summed E-state index contributed by atoms with van der Waals surface area (Å²) in [7, 11) is 0. The highest BCUT2D eigenvalue weighted by atomic mass is 16.5. The number of hydrogen-bond donors (Lipinski definition) is 0. The first-order chi connectivity index (χ1) is 9.63. The molecule has 100 valence electrons. The minimum Gasteiger partial charge on any atom is -0.423 e. The van der Waals surface area contributed by atoms with E-state index in [1.165, 1.54) is 0 Å². The smallest absolute Gasteiger partial charge is 0.338 e. The molecule has 0 atom stereocenters. The fraction of sp³-hybridized carbons (Fsp3) is 0.0588. The topological polar surface area (TPSA) is 43.4 Å². The lowest BCUT2D eigenvalue weighted by Crippen LogP contribution is -2.09.